The summed E-state index contributed by atoms with van der Waals surface area (Å²) >= 11 is 0. The van der Waals surface area contributed by atoms with Crippen molar-refractivity contribution < 1.29 is 22.7 Å². The number of aromatic amines is 1. The van der Waals surface area contributed by atoms with Crippen LogP contribution in [0.4, 0.5) is 13.2 Å². The molecule has 0 radical (unpaired) electrons. The number of nitrogens with zero attached hydrogens (tertiary/aromatic N) is 1. The van der Waals surface area contributed by atoms with Gasteiger partial charge in [0.2, 0.25) is 0 Å². The summed E-state index contributed by atoms with van der Waals surface area (Å²) in [7, 11) is 0. The van der Waals surface area contributed by atoms with Gasteiger partial charge in [-0.05, 0) is 31.5 Å². The van der Waals surface area contributed by atoms with Crippen LogP contribution in [0, 0.1) is 13.8 Å². The number of nitrogens with one attached hydrogen (secondary N) is 2. The van der Waals surface area contributed by atoms with Crippen LogP contribution >= 0.6 is 0 Å². The van der Waals surface area contributed by atoms with Gasteiger partial charge in [-0.15, -0.1) is 0 Å². The number of carbonyl (C=O) groups is 1. The molecule has 25 heavy (non-hydrogen) atoms. The Kier molecular flexibility index (Phi) is 5.45. The largest absolute Gasteiger partial charge is 0.484 e. The predicted molar refractivity (Wildman–Crippen MR) is 83.5 cm³/mol. The molecule has 0 fully saturated rings. The molecule has 0 aliphatic heterocycles. The number of aryl methyl sites for hydroxylation is 2. The zero-order valence-corrected chi connectivity index (χ0v) is 13.5. The molecule has 0 saturated heterocycles. The fourth-order valence-electron chi connectivity index (χ4n) is 1.91. The molecule has 6 nitrogen and oxygen atoms in total. The van der Waals surface area contributed by atoms with Gasteiger partial charge in [0.15, 0.2) is 12.3 Å². The highest BCUT2D eigenvalue weighted by atomic mass is 19.4. The molecule has 1 amide bonds. The number of benzene rings is 1. The quantitative estimate of drug-likeness (QED) is 0.862. The van der Waals surface area contributed by atoms with E-state index in [9.17, 15) is 22.8 Å². The third-order valence-electron chi connectivity index (χ3n) is 3.33. The molecule has 2 aromatic rings. The van der Waals surface area contributed by atoms with Gasteiger partial charge in [0.25, 0.3) is 11.5 Å². The van der Waals surface area contributed by atoms with Gasteiger partial charge in [-0.3, -0.25) is 9.59 Å². The maximum Gasteiger partial charge on any atom is 0.422 e. The summed E-state index contributed by atoms with van der Waals surface area (Å²) in [6.07, 6.45) is -4.40. The van der Waals surface area contributed by atoms with E-state index in [4.69, 9.17) is 0 Å². The van der Waals surface area contributed by atoms with Crippen molar-refractivity contribution in [2.75, 3.05) is 6.61 Å². The van der Waals surface area contributed by atoms with Crippen LogP contribution in [0.2, 0.25) is 0 Å². The van der Waals surface area contributed by atoms with E-state index in [2.05, 4.69) is 20.0 Å². The van der Waals surface area contributed by atoms with Gasteiger partial charge < -0.3 is 15.0 Å². The summed E-state index contributed by atoms with van der Waals surface area (Å²) < 4.78 is 40.8. The monoisotopic (exact) mass is 355 g/mol. The minimum atomic E-state index is -4.40. The third-order valence-corrected chi connectivity index (χ3v) is 3.33. The fraction of sp³-hybridized carbons (Fsp3) is 0.312. The first kappa shape index (κ1) is 18.5. The molecule has 0 bridgehead atoms. The number of halogens is 3. The molecular formula is C16H16F3N3O3. The second-order valence-electron chi connectivity index (χ2n) is 5.36. The molecule has 1 aromatic heterocycles. The van der Waals surface area contributed by atoms with Crippen molar-refractivity contribution in [3.05, 3.63) is 57.3 Å². The van der Waals surface area contributed by atoms with Crippen molar-refractivity contribution in [1.29, 1.82) is 0 Å². The lowest BCUT2D eigenvalue weighted by Crippen LogP contribution is -2.31. The first-order valence-electron chi connectivity index (χ1n) is 7.30. The number of alkyl halides is 3. The number of hydrogen-bond donors (Lipinski definition) is 2. The Balaban J connectivity index is 1.96. The SMILES string of the molecule is Cc1nc(C(=O)NCc2ccc(OCC(F)(F)F)cc2)c(=O)[nH]c1C. The Hall–Kier alpha value is -2.84. The molecule has 0 saturated carbocycles. The highest BCUT2D eigenvalue weighted by molar-refractivity contribution is 5.91. The van der Waals surface area contributed by atoms with E-state index < -0.39 is 24.2 Å². The summed E-state index contributed by atoms with van der Waals surface area (Å²) in [4.78, 5) is 30.3. The van der Waals surface area contributed by atoms with Crippen molar-refractivity contribution in [3.8, 4) is 5.75 Å². The van der Waals surface area contributed by atoms with Crippen molar-refractivity contribution in [2.24, 2.45) is 0 Å². The Bertz CT molecular complexity index is 814. The topological polar surface area (TPSA) is 84.1 Å². The van der Waals surface area contributed by atoms with Crippen LogP contribution in [0.5, 0.6) is 5.75 Å². The zero-order chi connectivity index (χ0) is 18.6. The second kappa shape index (κ2) is 7.37. The van der Waals surface area contributed by atoms with Gasteiger partial charge in [-0.25, -0.2) is 4.98 Å². The number of carbonyl (C=O) groups excluding carboxylic acids is 1. The van der Waals surface area contributed by atoms with Crippen LogP contribution in [-0.4, -0.2) is 28.7 Å². The Morgan fingerprint density at radius 3 is 2.48 bits per heavy atom. The van der Waals surface area contributed by atoms with Crippen molar-refractivity contribution in [1.82, 2.24) is 15.3 Å². The number of H-pyrrole nitrogens is 1. The maximum absolute atomic E-state index is 12.1. The molecule has 1 heterocycles. The van der Waals surface area contributed by atoms with E-state index in [0.717, 1.165) is 0 Å². The summed E-state index contributed by atoms with van der Waals surface area (Å²) in [5.41, 5.74) is 0.921. The highest BCUT2D eigenvalue weighted by Crippen LogP contribution is 2.18. The van der Waals surface area contributed by atoms with Crippen LogP contribution in [0.15, 0.2) is 29.1 Å². The van der Waals surface area contributed by atoms with E-state index in [0.29, 0.717) is 17.0 Å². The molecule has 134 valence electrons. The fourth-order valence-corrected chi connectivity index (χ4v) is 1.91. The lowest BCUT2D eigenvalue weighted by Gasteiger charge is -2.10. The van der Waals surface area contributed by atoms with Crippen LogP contribution in [0.1, 0.15) is 27.4 Å². The molecule has 0 aliphatic carbocycles. The Morgan fingerprint density at radius 2 is 1.88 bits per heavy atom. The van der Waals surface area contributed by atoms with E-state index >= 15 is 0 Å². The lowest BCUT2D eigenvalue weighted by atomic mass is 10.2. The number of rotatable bonds is 5. The first-order valence-corrected chi connectivity index (χ1v) is 7.30. The molecule has 1 aromatic carbocycles. The maximum atomic E-state index is 12.1. The third kappa shape index (κ3) is 5.33. The lowest BCUT2D eigenvalue weighted by molar-refractivity contribution is -0.153. The van der Waals surface area contributed by atoms with Crippen molar-refractivity contribution in [3.63, 3.8) is 0 Å². The van der Waals surface area contributed by atoms with Crippen LogP contribution < -0.4 is 15.6 Å². The minimum absolute atomic E-state index is 0.0691. The molecule has 9 heteroatoms. The molecular weight excluding hydrogens is 339 g/mol. The summed E-state index contributed by atoms with van der Waals surface area (Å²) in [6, 6.07) is 5.77. The molecule has 0 unspecified atom stereocenters. The van der Waals surface area contributed by atoms with Crippen molar-refractivity contribution >= 4 is 5.91 Å². The molecule has 0 aliphatic rings. The van der Waals surface area contributed by atoms with Gasteiger partial charge >= 0.3 is 6.18 Å². The number of hydrogen-bond acceptors (Lipinski definition) is 4. The molecule has 0 spiro atoms. The van der Waals surface area contributed by atoms with Crippen molar-refractivity contribution in [2.45, 2.75) is 26.6 Å². The molecule has 0 atom stereocenters. The molecule has 2 N–H and O–H groups in total. The van der Waals surface area contributed by atoms with Gasteiger partial charge in [0, 0.05) is 12.2 Å². The van der Waals surface area contributed by atoms with Gasteiger partial charge in [0.05, 0.1) is 5.69 Å². The number of aromatic nitrogens is 2. The van der Waals surface area contributed by atoms with Gasteiger partial charge in [-0.2, -0.15) is 13.2 Å². The van der Waals surface area contributed by atoms with Gasteiger partial charge in [0.1, 0.15) is 5.75 Å². The average Bonchev–Trinajstić information content (AvgIpc) is 2.54. The first-order chi connectivity index (χ1) is 11.7. The molecule has 2 rings (SSSR count). The van der Waals surface area contributed by atoms with Crippen LogP contribution in [0.3, 0.4) is 0 Å². The zero-order valence-electron chi connectivity index (χ0n) is 13.5. The van der Waals surface area contributed by atoms with E-state index in [1.165, 1.54) is 24.3 Å². The standard InChI is InChI=1S/C16H16F3N3O3/c1-9-10(2)22-15(24)13(21-9)14(23)20-7-11-3-5-12(6-4-11)25-8-16(17,18)19/h3-6H,7-8H2,1-2H3,(H,20,23)(H,22,24). The normalized spacial score (nSPS) is 11.2. The summed E-state index contributed by atoms with van der Waals surface area (Å²) in [5.74, 6) is -0.568. The summed E-state index contributed by atoms with van der Waals surface area (Å²) in [5, 5.41) is 2.54. The number of ether oxygens (including phenoxy) is 1. The Labute approximate surface area is 141 Å². The highest BCUT2D eigenvalue weighted by Gasteiger charge is 2.28. The van der Waals surface area contributed by atoms with Crippen LogP contribution in [0.25, 0.3) is 0 Å². The predicted octanol–water partition coefficient (Wildman–Crippen LogP) is 2.26. The van der Waals surface area contributed by atoms with E-state index in [1.54, 1.807) is 13.8 Å². The van der Waals surface area contributed by atoms with Crippen LogP contribution in [-0.2, 0) is 6.54 Å². The second-order valence-corrected chi connectivity index (χ2v) is 5.36. The average molecular weight is 355 g/mol. The minimum Gasteiger partial charge on any atom is -0.484 e. The number of amides is 1. The summed E-state index contributed by atoms with van der Waals surface area (Å²) in [6.45, 7) is 2.06. The smallest absolute Gasteiger partial charge is 0.422 e. The van der Waals surface area contributed by atoms with E-state index in [1.807, 2.05) is 0 Å². The van der Waals surface area contributed by atoms with Gasteiger partial charge in [-0.1, -0.05) is 12.1 Å². The Morgan fingerprint density at radius 1 is 1.24 bits per heavy atom. The van der Waals surface area contributed by atoms with E-state index in [-0.39, 0.29) is 18.0 Å².